The first-order chi connectivity index (χ1) is 13.7. The molecule has 9 heteroatoms. The Bertz CT molecular complexity index is 1100. The fourth-order valence-electron chi connectivity index (χ4n) is 2.92. The van der Waals surface area contributed by atoms with Crippen molar-refractivity contribution in [3.63, 3.8) is 0 Å². The van der Waals surface area contributed by atoms with E-state index in [1.165, 1.54) is 22.9 Å². The molecular weight excluding hydrogens is 397 g/mol. The molecule has 0 unspecified atom stereocenters. The van der Waals surface area contributed by atoms with Crippen LogP contribution in [0, 0.1) is 19.7 Å². The number of aromatic nitrogens is 2. The van der Waals surface area contributed by atoms with E-state index in [0.29, 0.717) is 23.5 Å². The molecule has 0 saturated heterocycles. The van der Waals surface area contributed by atoms with Crippen molar-refractivity contribution in [2.24, 2.45) is 9.98 Å². The van der Waals surface area contributed by atoms with Crippen molar-refractivity contribution in [2.75, 3.05) is 5.32 Å². The highest BCUT2D eigenvalue weighted by atomic mass is 35.5. The first-order valence-electron chi connectivity index (χ1n) is 8.85. The molecule has 3 rings (SSSR count). The standard InChI is InChI=1S/C20H19ClFN5O2/c1-10-11(2)23-20(25-19(10)29)27-13(4)15(12(3)26-27)6-8-18(28)24-14-5-7-17(22)16(21)9-14/h5,7,9H,1,6,8H2,2-4H3,(H,24,28). The van der Waals surface area contributed by atoms with Crippen molar-refractivity contribution in [1.82, 2.24) is 9.78 Å². The average Bonchev–Trinajstić information content (AvgIpc) is 2.94. The highest BCUT2D eigenvalue weighted by Gasteiger charge is 2.22. The Labute approximate surface area is 172 Å². The summed E-state index contributed by atoms with van der Waals surface area (Å²) in [5.74, 6) is -1.06. The molecule has 150 valence electrons. The number of hydrogen-bond acceptors (Lipinski definition) is 4. The molecule has 0 aliphatic carbocycles. The summed E-state index contributed by atoms with van der Waals surface area (Å²) < 4.78 is 14.7. The Morgan fingerprint density at radius 3 is 2.66 bits per heavy atom. The average molecular weight is 416 g/mol. The maximum absolute atomic E-state index is 13.2. The Morgan fingerprint density at radius 1 is 1.28 bits per heavy atom. The quantitative estimate of drug-likeness (QED) is 0.773. The summed E-state index contributed by atoms with van der Waals surface area (Å²) in [6.07, 6.45) is 0.613. The van der Waals surface area contributed by atoms with Gasteiger partial charge < -0.3 is 5.32 Å². The van der Waals surface area contributed by atoms with E-state index >= 15 is 0 Å². The molecule has 0 saturated carbocycles. The lowest BCUT2D eigenvalue weighted by molar-refractivity contribution is -0.116. The maximum Gasteiger partial charge on any atom is 0.281 e. The molecule has 29 heavy (non-hydrogen) atoms. The SMILES string of the molecule is C=C1C(=O)N=C(n2nc(C)c(CCC(=O)Nc3ccc(F)c(Cl)c3)c2C)N=C1C. The summed E-state index contributed by atoms with van der Waals surface area (Å²) in [6.45, 7) is 8.98. The molecule has 0 fully saturated rings. The predicted octanol–water partition coefficient (Wildman–Crippen LogP) is 3.63. The Balaban J connectivity index is 1.73. The van der Waals surface area contributed by atoms with Crippen molar-refractivity contribution in [2.45, 2.75) is 33.6 Å². The number of carbonyl (C=O) groups excluding carboxylic acids is 2. The second-order valence-corrected chi connectivity index (χ2v) is 7.04. The summed E-state index contributed by atoms with van der Waals surface area (Å²) in [5, 5.41) is 7.05. The van der Waals surface area contributed by atoms with E-state index < -0.39 is 11.7 Å². The van der Waals surface area contributed by atoms with Gasteiger partial charge >= 0.3 is 0 Å². The number of rotatable bonds is 4. The lowest BCUT2D eigenvalue weighted by Gasteiger charge is -2.11. The van der Waals surface area contributed by atoms with Crippen LogP contribution in [0.3, 0.4) is 0 Å². The van der Waals surface area contributed by atoms with Crippen LogP contribution in [0.15, 0.2) is 40.3 Å². The van der Waals surface area contributed by atoms with Gasteiger partial charge in [-0.25, -0.2) is 14.1 Å². The smallest absolute Gasteiger partial charge is 0.281 e. The zero-order valence-corrected chi connectivity index (χ0v) is 17.0. The molecule has 0 atom stereocenters. The third-order valence-electron chi connectivity index (χ3n) is 4.60. The van der Waals surface area contributed by atoms with Gasteiger partial charge in [0.2, 0.25) is 5.91 Å². The second kappa shape index (κ2) is 8.08. The van der Waals surface area contributed by atoms with Crippen molar-refractivity contribution in [1.29, 1.82) is 0 Å². The minimum atomic E-state index is -0.547. The van der Waals surface area contributed by atoms with Gasteiger partial charge in [0.1, 0.15) is 5.82 Å². The molecule has 1 N–H and O–H groups in total. The van der Waals surface area contributed by atoms with Gasteiger partial charge in [-0.1, -0.05) is 18.2 Å². The lowest BCUT2D eigenvalue weighted by atomic mass is 10.1. The van der Waals surface area contributed by atoms with Crippen molar-refractivity contribution >= 4 is 40.8 Å². The lowest BCUT2D eigenvalue weighted by Crippen LogP contribution is -2.23. The normalized spacial score (nSPS) is 14.0. The Hall–Kier alpha value is -3.13. The molecule has 2 aromatic rings. The molecule has 7 nitrogen and oxygen atoms in total. The van der Waals surface area contributed by atoms with Crippen molar-refractivity contribution < 1.29 is 14.0 Å². The highest BCUT2D eigenvalue weighted by molar-refractivity contribution is 6.31. The molecule has 1 aliphatic rings. The zero-order chi connectivity index (χ0) is 21.3. The van der Waals surface area contributed by atoms with E-state index in [0.717, 1.165) is 11.3 Å². The van der Waals surface area contributed by atoms with Crippen LogP contribution in [-0.2, 0) is 16.0 Å². The zero-order valence-electron chi connectivity index (χ0n) is 16.2. The maximum atomic E-state index is 13.2. The van der Waals surface area contributed by atoms with E-state index in [-0.39, 0.29) is 28.9 Å². The Morgan fingerprint density at radius 2 is 2.00 bits per heavy atom. The number of amides is 2. The van der Waals surface area contributed by atoms with Crippen LogP contribution in [0.2, 0.25) is 5.02 Å². The predicted molar refractivity (Wildman–Crippen MR) is 110 cm³/mol. The molecule has 1 aromatic carbocycles. The molecule has 0 radical (unpaired) electrons. The van der Waals surface area contributed by atoms with Crippen LogP contribution < -0.4 is 5.32 Å². The third-order valence-corrected chi connectivity index (χ3v) is 4.89. The molecule has 1 aliphatic heterocycles. The van der Waals surface area contributed by atoms with Crippen molar-refractivity contribution in [3.05, 3.63) is 58.1 Å². The summed E-state index contributed by atoms with van der Waals surface area (Å²) in [4.78, 5) is 32.4. The molecule has 2 amide bonds. The minimum Gasteiger partial charge on any atom is -0.326 e. The number of nitrogens with one attached hydrogen (secondary N) is 1. The minimum absolute atomic E-state index is 0.0582. The van der Waals surface area contributed by atoms with E-state index in [9.17, 15) is 14.0 Å². The summed E-state index contributed by atoms with van der Waals surface area (Å²) in [6, 6.07) is 4.00. The largest absolute Gasteiger partial charge is 0.326 e. The van der Waals surface area contributed by atoms with Gasteiger partial charge in [-0.2, -0.15) is 10.1 Å². The second-order valence-electron chi connectivity index (χ2n) is 6.63. The first kappa shape index (κ1) is 20.6. The van der Waals surface area contributed by atoms with Crippen LogP contribution in [0.1, 0.15) is 30.3 Å². The van der Waals surface area contributed by atoms with E-state index in [4.69, 9.17) is 11.6 Å². The number of benzene rings is 1. The van der Waals surface area contributed by atoms with Gasteiger partial charge in [-0.15, -0.1) is 0 Å². The van der Waals surface area contributed by atoms with Crippen LogP contribution in [0.4, 0.5) is 10.1 Å². The van der Waals surface area contributed by atoms with Crippen LogP contribution in [0.25, 0.3) is 0 Å². The van der Waals surface area contributed by atoms with Gasteiger partial charge in [-0.05, 0) is 51.0 Å². The van der Waals surface area contributed by atoms with Gasteiger partial charge in [0.25, 0.3) is 11.9 Å². The number of aryl methyl sites for hydroxylation is 1. The van der Waals surface area contributed by atoms with E-state index in [2.05, 4.69) is 27.0 Å². The van der Waals surface area contributed by atoms with E-state index in [1.807, 2.05) is 13.8 Å². The van der Waals surface area contributed by atoms with Gasteiger partial charge in [0.15, 0.2) is 0 Å². The molecular formula is C20H19ClFN5O2. The number of carbonyl (C=O) groups is 2. The number of aliphatic imine (C=N–C) groups is 2. The number of anilines is 1. The molecule has 1 aromatic heterocycles. The fourth-order valence-corrected chi connectivity index (χ4v) is 3.10. The molecule has 0 spiro atoms. The summed E-state index contributed by atoms with van der Waals surface area (Å²) in [5.41, 5.74) is 3.50. The topological polar surface area (TPSA) is 88.7 Å². The van der Waals surface area contributed by atoms with Crippen molar-refractivity contribution in [3.8, 4) is 0 Å². The molecule has 2 heterocycles. The molecule has 0 bridgehead atoms. The Kier molecular flexibility index (Phi) is 5.74. The highest BCUT2D eigenvalue weighted by Crippen LogP contribution is 2.21. The summed E-state index contributed by atoms with van der Waals surface area (Å²) in [7, 11) is 0. The number of nitrogens with zero attached hydrogens (tertiary/aromatic N) is 4. The number of halogens is 2. The summed E-state index contributed by atoms with van der Waals surface area (Å²) >= 11 is 5.73. The van der Waals surface area contributed by atoms with Crippen LogP contribution in [-0.4, -0.2) is 33.3 Å². The first-order valence-corrected chi connectivity index (χ1v) is 9.23. The van der Waals surface area contributed by atoms with Gasteiger partial charge in [-0.3, -0.25) is 9.59 Å². The monoisotopic (exact) mass is 415 g/mol. The van der Waals surface area contributed by atoms with Gasteiger partial charge in [0, 0.05) is 17.8 Å². The third kappa shape index (κ3) is 4.32. The van der Waals surface area contributed by atoms with Crippen LogP contribution >= 0.6 is 11.6 Å². The van der Waals surface area contributed by atoms with Crippen LogP contribution in [0.5, 0.6) is 0 Å². The van der Waals surface area contributed by atoms with Gasteiger partial charge in [0.05, 0.1) is 22.0 Å². The van der Waals surface area contributed by atoms with E-state index in [1.54, 1.807) is 6.92 Å². The fraction of sp³-hybridized carbons (Fsp3) is 0.250. The number of hydrogen-bond donors (Lipinski definition) is 1.